The van der Waals surface area contributed by atoms with Gasteiger partial charge < -0.3 is 20.1 Å². The molecule has 8 heteroatoms. The van der Waals surface area contributed by atoms with Crippen molar-refractivity contribution in [2.24, 2.45) is 0 Å². The van der Waals surface area contributed by atoms with Crippen LogP contribution < -0.4 is 10.6 Å². The summed E-state index contributed by atoms with van der Waals surface area (Å²) in [5, 5.41) is 7.08. The van der Waals surface area contributed by atoms with Crippen LogP contribution in [0.3, 0.4) is 0 Å². The van der Waals surface area contributed by atoms with Crippen LogP contribution in [-0.4, -0.2) is 37.0 Å². The number of hydrogen-bond acceptors (Lipinski definition) is 4. The third-order valence-corrected chi connectivity index (χ3v) is 7.17. The Kier molecular flexibility index (Phi) is 7.01. The van der Waals surface area contributed by atoms with E-state index in [4.69, 9.17) is 12.2 Å². The average Bonchev–Trinajstić information content (AvgIpc) is 3.38. The molecule has 0 radical (unpaired) electrons. The lowest BCUT2D eigenvalue weighted by molar-refractivity contribution is -0.116. The second kappa shape index (κ2) is 10.5. The van der Waals surface area contributed by atoms with Gasteiger partial charge in [0, 0.05) is 42.4 Å². The summed E-state index contributed by atoms with van der Waals surface area (Å²) >= 11 is 5.81. The van der Waals surface area contributed by atoms with Crippen LogP contribution in [0.1, 0.15) is 46.7 Å². The van der Waals surface area contributed by atoms with Crippen molar-refractivity contribution in [2.45, 2.75) is 39.3 Å². The number of nitrogens with zero attached hydrogens (tertiary/aromatic N) is 4. The maximum absolute atomic E-state index is 12.8. The number of amides is 1. The maximum Gasteiger partial charge on any atom is 0.226 e. The molecule has 1 aliphatic heterocycles. The number of pyridine rings is 2. The molecule has 1 saturated heterocycles. The Bertz CT molecular complexity index is 1420. The topological polar surface area (TPSA) is 75.1 Å². The van der Waals surface area contributed by atoms with Crippen LogP contribution in [0.25, 0.3) is 5.82 Å². The molecule has 3 aromatic heterocycles. The Morgan fingerprint density at radius 3 is 2.49 bits per heavy atom. The van der Waals surface area contributed by atoms with Gasteiger partial charge in [0.2, 0.25) is 5.91 Å². The van der Waals surface area contributed by atoms with Crippen molar-refractivity contribution < 1.29 is 4.79 Å². The molecule has 37 heavy (non-hydrogen) atoms. The molecule has 1 aromatic carbocycles. The fraction of sp³-hybridized carbons (Fsp3) is 0.241. The fourth-order valence-electron chi connectivity index (χ4n) is 5.08. The first-order valence-electron chi connectivity index (χ1n) is 12.4. The molecule has 0 unspecified atom stereocenters. The predicted octanol–water partition coefficient (Wildman–Crippen LogP) is 5.19. The minimum atomic E-state index is -0.148. The zero-order chi connectivity index (χ0) is 25.9. The third kappa shape index (κ3) is 4.97. The summed E-state index contributed by atoms with van der Waals surface area (Å²) in [5.41, 5.74) is 6.11. The predicted molar refractivity (Wildman–Crippen MR) is 150 cm³/mol. The van der Waals surface area contributed by atoms with Crippen LogP contribution in [-0.2, 0) is 4.79 Å². The van der Waals surface area contributed by atoms with Gasteiger partial charge >= 0.3 is 0 Å². The zero-order valence-corrected chi connectivity index (χ0v) is 22.0. The lowest BCUT2D eigenvalue weighted by atomic mass is 9.96. The first-order chi connectivity index (χ1) is 17.9. The highest BCUT2D eigenvalue weighted by Crippen LogP contribution is 2.41. The van der Waals surface area contributed by atoms with Gasteiger partial charge in [0.15, 0.2) is 5.11 Å². The molecule has 1 amide bonds. The molecule has 2 N–H and O–H groups in total. The second-order valence-corrected chi connectivity index (χ2v) is 9.68. The molecule has 0 bridgehead atoms. The van der Waals surface area contributed by atoms with Gasteiger partial charge in [0.25, 0.3) is 0 Å². The normalized spacial score (nSPS) is 17.1. The maximum atomic E-state index is 12.8. The molecule has 1 fully saturated rings. The van der Waals surface area contributed by atoms with Gasteiger partial charge in [0.1, 0.15) is 5.82 Å². The van der Waals surface area contributed by atoms with Crippen molar-refractivity contribution in [1.82, 2.24) is 24.8 Å². The Morgan fingerprint density at radius 1 is 1.00 bits per heavy atom. The van der Waals surface area contributed by atoms with E-state index in [9.17, 15) is 4.79 Å². The van der Waals surface area contributed by atoms with Gasteiger partial charge in [-0.3, -0.25) is 9.78 Å². The van der Waals surface area contributed by atoms with E-state index in [0.29, 0.717) is 18.1 Å². The van der Waals surface area contributed by atoms with Crippen molar-refractivity contribution in [3.63, 3.8) is 0 Å². The van der Waals surface area contributed by atoms with Crippen molar-refractivity contribution in [1.29, 1.82) is 0 Å². The van der Waals surface area contributed by atoms with Gasteiger partial charge in [-0.25, -0.2) is 4.98 Å². The van der Waals surface area contributed by atoms with Crippen molar-refractivity contribution in [2.75, 3.05) is 11.9 Å². The van der Waals surface area contributed by atoms with E-state index in [2.05, 4.69) is 63.0 Å². The summed E-state index contributed by atoms with van der Waals surface area (Å²) in [6.45, 7) is 6.76. The number of anilines is 1. The number of para-hydroxylation sites is 1. The molecule has 0 aliphatic carbocycles. The molecule has 7 nitrogen and oxygen atoms in total. The monoisotopic (exact) mass is 510 g/mol. The van der Waals surface area contributed by atoms with E-state index < -0.39 is 0 Å². The van der Waals surface area contributed by atoms with Crippen molar-refractivity contribution in [3.05, 3.63) is 107 Å². The Hall–Kier alpha value is -4.04. The molecule has 4 heterocycles. The van der Waals surface area contributed by atoms with E-state index in [1.54, 1.807) is 6.20 Å². The summed E-state index contributed by atoms with van der Waals surface area (Å²) in [4.78, 5) is 24.2. The number of nitrogens with one attached hydrogen (secondary N) is 2. The lowest BCUT2D eigenvalue weighted by Crippen LogP contribution is -2.32. The third-order valence-electron chi connectivity index (χ3n) is 6.82. The average molecular weight is 511 g/mol. The molecule has 0 spiro atoms. The highest BCUT2D eigenvalue weighted by Gasteiger charge is 2.41. The smallest absolute Gasteiger partial charge is 0.226 e. The Labute approximate surface area is 222 Å². The Balaban J connectivity index is 1.49. The first-order valence-corrected chi connectivity index (χ1v) is 12.8. The van der Waals surface area contributed by atoms with Crippen LogP contribution >= 0.6 is 12.2 Å². The SMILES string of the molecule is Cc1cccnc1-n1c(C)cc([C@@H]2[C@@H](c3ccccn3)NC(=S)N2CCC(=O)Nc2ccccc2)c1C. The minimum Gasteiger partial charge on any atom is -0.352 e. The van der Waals surface area contributed by atoms with Crippen LogP contribution in [0.4, 0.5) is 5.69 Å². The number of benzene rings is 1. The van der Waals surface area contributed by atoms with Crippen LogP contribution in [0.2, 0.25) is 0 Å². The van der Waals surface area contributed by atoms with Gasteiger partial charge in [-0.1, -0.05) is 30.3 Å². The van der Waals surface area contributed by atoms with E-state index in [1.807, 2.05) is 60.8 Å². The van der Waals surface area contributed by atoms with E-state index in [-0.39, 0.29) is 18.0 Å². The number of thiocarbonyl (C=S) groups is 1. The Morgan fingerprint density at radius 2 is 1.76 bits per heavy atom. The van der Waals surface area contributed by atoms with Crippen LogP contribution in [0.15, 0.2) is 79.1 Å². The lowest BCUT2D eigenvalue weighted by Gasteiger charge is -2.28. The van der Waals surface area contributed by atoms with Gasteiger partial charge in [-0.15, -0.1) is 0 Å². The summed E-state index contributed by atoms with van der Waals surface area (Å²) in [7, 11) is 0. The van der Waals surface area contributed by atoms with E-state index in [0.717, 1.165) is 39.7 Å². The van der Waals surface area contributed by atoms with Crippen LogP contribution in [0, 0.1) is 20.8 Å². The number of aromatic nitrogens is 3. The highest BCUT2D eigenvalue weighted by molar-refractivity contribution is 7.80. The summed E-state index contributed by atoms with van der Waals surface area (Å²) < 4.78 is 2.20. The summed E-state index contributed by atoms with van der Waals surface area (Å²) in [6.07, 6.45) is 3.93. The fourth-order valence-corrected chi connectivity index (χ4v) is 5.41. The van der Waals surface area contributed by atoms with Crippen molar-refractivity contribution >= 4 is 28.9 Å². The molecular formula is C29H30N6OS. The number of carbonyl (C=O) groups excluding carboxylic acids is 1. The largest absolute Gasteiger partial charge is 0.352 e. The molecular weight excluding hydrogens is 480 g/mol. The molecule has 0 saturated carbocycles. The summed E-state index contributed by atoms with van der Waals surface area (Å²) in [5.74, 6) is 0.865. The van der Waals surface area contributed by atoms with E-state index in [1.165, 1.54) is 0 Å². The summed E-state index contributed by atoms with van der Waals surface area (Å²) in [6, 6.07) is 21.4. The van der Waals surface area contributed by atoms with Gasteiger partial charge in [0.05, 0.1) is 17.8 Å². The quantitative estimate of drug-likeness (QED) is 0.333. The molecule has 4 aromatic rings. The number of aryl methyl sites for hydroxylation is 2. The van der Waals surface area contributed by atoms with Gasteiger partial charge in [-0.05, 0) is 80.5 Å². The molecule has 188 valence electrons. The van der Waals surface area contributed by atoms with Crippen molar-refractivity contribution in [3.8, 4) is 5.82 Å². The molecule has 2 atom stereocenters. The second-order valence-electron chi connectivity index (χ2n) is 9.29. The highest BCUT2D eigenvalue weighted by atomic mass is 32.1. The number of rotatable bonds is 7. The number of hydrogen-bond donors (Lipinski definition) is 2. The minimum absolute atomic E-state index is 0.0522. The van der Waals surface area contributed by atoms with E-state index >= 15 is 0 Å². The number of carbonyl (C=O) groups is 1. The van der Waals surface area contributed by atoms with Crippen LogP contribution in [0.5, 0.6) is 0 Å². The van der Waals surface area contributed by atoms with Gasteiger partial charge in [-0.2, -0.15) is 0 Å². The first kappa shape index (κ1) is 24.6. The molecule has 5 rings (SSSR count). The standard InChI is InChI=1S/C29H30N6OS/c1-19-10-9-16-31-28(19)35-20(2)18-23(21(35)3)27-26(24-13-7-8-15-30-24)33-29(37)34(27)17-14-25(36)32-22-11-5-4-6-12-22/h4-13,15-16,18,26-27H,14,17H2,1-3H3,(H,32,36)(H,33,37)/t26-,27-/m1/s1. The zero-order valence-electron chi connectivity index (χ0n) is 21.2. The molecule has 1 aliphatic rings.